The quantitative estimate of drug-likeness (QED) is 0.863. The molecule has 0 aliphatic rings. The lowest BCUT2D eigenvalue weighted by atomic mass is 10.3. The highest BCUT2D eigenvalue weighted by molar-refractivity contribution is 9.10. The minimum atomic E-state index is 0.0248. The van der Waals surface area contributed by atoms with Crippen LogP contribution in [-0.2, 0) is 4.79 Å². The first-order valence-electron chi connectivity index (χ1n) is 4.98. The largest absolute Gasteiger partial charge is 0.376 e. The van der Waals surface area contributed by atoms with Crippen molar-refractivity contribution in [3.8, 4) is 0 Å². The normalized spacial score (nSPS) is 9.73. The van der Waals surface area contributed by atoms with Crippen molar-refractivity contribution in [1.29, 1.82) is 0 Å². The van der Waals surface area contributed by atoms with Crippen LogP contribution in [0.15, 0.2) is 28.7 Å². The molecule has 15 heavy (non-hydrogen) atoms. The predicted octanol–water partition coefficient (Wildman–Crippen LogP) is 2.39. The third-order valence-corrected chi connectivity index (χ3v) is 2.34. The molecule has 0 heterocycles. The second-order valence-electron chi connectivity index (χ2n) is 3.21. The van der Waals surface area contributed by atoms with Gasteiger partial charge >= 0.3 is 0 Å². The van der Waals surface area contributed by atoms with E-state index in [4.69, 9.17) is 0 Å². The fourth-order valence-electron chi connectivity index (χ4n) is 1.11. The first-order valence-corrected chi connectivity index (χ1v) is 5.78. The zero-order valence-electron chi connectivity index (χ0n) is 8.72. The maximum absolute atomic E-state index is 11.3. The van der Waals surface area contributed by atoms with Crippen LogP contribution in [0, 0.1) is 0 Å². The monoisotopic (exact) mass is 270 g/mol. The van der Waals surface area contributed by atoms with E-state index in [1.807, 2.05) is 31.2 Å². The van der Waals surface area contributed by atoms with Crippen LogP contribution in [0.25, 0.3) is 0 Å². The molecule has 0 aliphatic carbocycles. The molecule has 0 saturated carbocycles. The smallest absolute Gasteiger partial charge is 0.239 e. The van der Waals surface area contributed by atoms with Gasteiger partial charge in [0.1, 0.15) is 0 Å². The average molecular weight is 271 g/mol. The highest BCUT2D eigenvalue weighted by Gasteiger charge is 1.99. The van der Waals surface area contributed by atoms with Gasteiger partial charge in [-0.1, -0.05) is 28.9 Å². The topological polar surface area (TPSA) is 41.1 Å². The molecule has 0 spiro atoms. The molecule has 1 aromatic rings. The molecule has 0 bridgehead atoms. The van der Waals surface area contributed by atoms with E-state index in [9.17, 15) is 4.79 Å². The Morgan fingerprint density at radius 2 is 2.27 bits per heavy atom. The third-order valence-electron chi connectivity index (χ3n) is 1.85. The number of carbonyl (C=O) groups is 1. The molecule has 1 amide bonds. The van der Waals surface area contributed by atoms with Crippen LogP contribution in [0.3, 0.4) is 0 Å². The fourth-order valence-corrected chi connectivity index (χ4v) is 1.51. The molecule has 1 rings (SSSR count). The Bertz CT molecular complexity index is 328. The van der Waals surface area contributed by atoms with E-state index >= 15 is 0 Å². The van der Waals surface area contributed by atoms with Gasteiger partial charge in [-0.15, -0.1) is 0 Å². The molecule has 0 saturated heterocycles. The molecule has 0 aromatic heterocycles. The summed E-state index contributed by atoms with van der Waals surface area (Å²) in [6.07, 6.45) is 0.961. The van der Waals surface area contributed by atoms with Gasteiger partial charge in [-0.2, -0.15) is 0 Å². The molecule has 3 nitrogen and oxygen atoms in total. The Morgan fingerprint density at radius 3 is 2.93 bits per heavy atom. The molecule has 4 heteroatoms. The van der Waals surface area contributed by atoms with Gasteiger partial charge in [-0.3, -0.25) is 4.79 Å². The lowest BCUT2D eigenvalue weighted by Gasteiger charge is -2.06. The SMILES string of the molecule is CCCNC(=O)CNc1cccc(Br)c1. The Morgan fingerprint density at radius 1 is 1.47 bits per heavy atom. The maximum atomic E-state index is 11.3. The van der Waals surface area contributed by atoms with Crippen molar-refractivity contribution in [3.63, 3.8) is 0 Å². The summed E-state index contributed by atoms with van der Waals surface area (Å²) in [5.74, 6) is 0.0248. The van der Waals surface area contributed by atoms with Crippen molar-refractivity contribution in [2.24, 2.45) is 0 Å². The summed E-state index contributed by atoms with van der Waals surface area (Å²) in [4.78, 5) is 11.3. The van der Waals surface area contributed by atoms with Gasteiger partial charge in [0.2, 0.25) is 5.91 Å². The van der Waals surface area contributed by atoms with Gasteiger partial charge in [-0.25, -0.2) is 0 Å². The Balaban J connectivity index is 2.33. The number of hydrogen-bond acceptors (Lipinski definition) is 2. The van der Waals surface area contributed by atoms with Gasteiger partial charge in [-0.05, 0) is 24.6 Å². The summed E-state index contributed by atoms with van der Waals surface area (Å²) in [5, 5.41) is 5.86. The summed E-state index contributed by atoms with van der Waals surface area (Å²) in [6, 6.07) is 7.74. The molecule has 0 radical (unpaired) electrons. The molecule has 82 valence electrons. The number of anilines is 1. The van der Waals surface area contributed by atoms with E-state index in [1.165, 1.54) is 0 Å². The number of carbonyl (C=O) groups excluding carboxylic acids is 1. The van der Waals surface area contributed by atoms with Crippen molar-refractivity contribution in [1.82, 2.24) is 5.32 Å². The predicted molar refractivity (Wildman–Crippen MR) is 65.9 cm³/mol. The highest BCUT2D eigenvalue weighted by Crippen LogP contribution is 2.14. The maximum Gasteiger partial charge on any atom is 0.239 e. The zero-order valence-corrected chi connectivity index (χ0v) is 10.3. The van der Waals surface area contributed by atoms with E-state index in [0.717, 1.165) is 23.1 Å². The summed E-state index contributed by atoms with van der Waals surface area (Å²) in [7, 11) is 0. The van der Waals surface area contributed by atoms with Crippen molar-refractivity contribution in [2.45, 2.75) is 13.3 Å². The lowest BCUT2D eigenvalue weighted by Crippen LogP contribution is -2.30. The van der Waals surface area contributed by atoms with E-state index in [0.29, 0.717) is 6.54 Å². The highest BCUT2D eigenvalue weighted by atomic mass is 79.9. The Kier molecular flexibility index (Phi) is 5.18. The molecule has 0 aliphatic heterocycles. The van der Waals surface area contributed by atoms with Crippen LogP contribution in [0.2, 0.25) is 0 Å². The molecule has 2 N–H and O–H groups in total. The van der Waals surface area contributed by atoms with Crippen LogP contribution < -0.4 is 10.6 Å². The molecule has 0 unspecified atom stereocenters. The van der Waals surface area contributed by atoms with Crippen molar-refractivity contribution in [2.75, 3.05) is 18.4 Å². The summed E-state index contributed by atoms with van der Waals surface area (Å²) < 4.78 is 1.00. The molecule has 0 fully saturated rings. The molecular weight excluding hydrogens is 256 g/mol. The Hall–Kier alpha value is -1.03. The van der Waals surface area contributed by atoms with Gasteiger partial charge in [0, 0.05) is 16.7 Å². The van der Waals surface area contributed by atoms with Crippen LogP contribution >= 0.6 is 15.9 Å². The second kappa shape index (κ2) is 6.45. The van der Waals surface area contributed by atoms with Gasteiger partial charge in [0.25, 0.3) is 0 Å². The minimum Gasteiger partial charge on any atom is -0.376 e. The van der Waals surface area contributed by atoms with Crippen LogP contribution in [-0.4, -0.2) is 19.0 Å². The third kappa shape index (κ3) is 4.83. The van der Waals surface area contributed by atoms with Gasteiger partial charge < -0.3 is 10.6 Å². The number of rotatable bonds is 5. The van der Waals surface area contributed by atoms with Crippen LogP contribution in [0.1, 0.15) is 13.3 Å². The minimum absolute atomic E-state index is 0.0248. The zero-order chi connectivity index (χ0) is 11.1. The number of nitrogens with one attached hydrogen (secondary N) is 2. The molecule has 1 aromatic carbocycles. The number of hydrogen-bond donors (Lipinski definition) is 2. The first kappa shape index (κ1) is 12.0. The van der Waals surface area contributed by atoms with Crippen molar-refractivity contribution >= 4 is 27.5 Å². The number of halogens is 1. The van der Waals surface area contributed by atoms with Crippen molar-refractivity contribution in [3.05, 3.63) is 28.7 Å². The standard InChI is InChI=1S/C11H15BrN2O/c1-2-6-13-11(15)8-14-10-5-3-4-9(12)7-10/h3-5,7,14H,2,6,8H2,1H3,(H,13,15). The van der Waals surface area contributed by atoms with Gasteiger partial charge in [0.15, 0.2) is 0 Å². The second-order valence-corrected chi connectivity index (χ2v) is 4.13. The lowest BCUT2D eigenvalue weighted by molar-refractivity contribution is -0.119. The van der Waals surface area contributed by atoms with Gasteiger partial charge in [0.05, 0.1) is 6.54 Å². The summed E-state index contributed by atoms with van der Waals surface area (Å²) in [6.45, 7) is 3.08. The van der Waals surface area contributed by atoms with E-state index in [1.54, 1.807) is 0 Å². The van der Waals surface area contributed by atoms with Crippen LogP contribution in [0.4, 0.5) is 5.69 Å². The molecular formula is C11H15BrN2O. The average Bonchev–Trinajstić information content (AvgIpc) is 2.23. The van der Waals surface area contributed by atoms with E-state index in [2.05, 4.69) is 26.6 Å². The van der Waals surface area contributed by atoms with E-state index in [-0.39, 0.29) is 5.91 Å². The number of benzene rings is 1. The summed E-state index contributed by atoms with van der Waals surface area (Å²) >= 11 is 3.37. The summed E-state index contributed by atoms with van der Waals surface area (Å²) in [5.41, 5.74) is 0.941. The first-order chi connectivity index (χ1) is 7.22. The Labute approximate surface area is 98.4 Å². The fraction of sp³-hybridized carbons (Fsp3) is 0.364. The number of amides is 1. The van der Waals surface area contributed by atoms with E-state index < -0.39 is 0 Å². The molecule has 0 atom stereocenters. The van der Waals surface area contributed by atoms with Crippen molar-refractivity contribution < 1.29 is 4.79 Å². The van der Waals surface area contributed by atoms with Crippen LogP contribution in [0.5, 0.6) is 0 Å².